The summed E-state index contributed by atoms with van der Waals surface area (Å²) >= 11 is 0. The van der Waals surface area contributed by atoms with Crippen LogP contribution in [0.4, 0.5) is 13.2 Å². The lowest BCUT2D eigenvalue weighted by atomic mass is 10.0. The summed E-state index contributed by atoms with van der Waals surface area (Å²) in [6.07, 6.45) is -4.61. The van der Waals surface area contributed by atoms with Crippen LogP contribution in [0, 0.1) is 0 Å². The summed E-state index contributed by atoms with van der Waals surface area (Å²) in [4.78, 5) is 5.95. The van der Waals surface area contributed by atoms with Crippen LogP contribution in [-0.2, 0) is 6.18 Å². The maximum atomic E-state index is 13.0. The van der Waals surface area contributed by atoms with E-state index in [1.807, 2.05) is 0 Å². The highest BCUT2D eigenvalue weighted by Crippen LogP contribution is 2.36. The van der Waals surface area contributed by atoms with Crippen LogP contribution in [0.3, 0.4) is 0 Å². The Bertz CT molecular complexity index is 759. The Balaban J connectivity index is 2.18. The number of hydrogen-bond acceptors (Lipinski definition) is 3. The molecule has 0 unspecified atom stereocenters. The number of aromatic nitrogens is 2. The molecule has 7 heteroatoms. The van der Waals surface area contributed by atoms with Gasteiger partial charge in [-0.15, -0.1) is 0 Å². The largest absolute Gasteiger partial charge is 0.508 e. The van der Waals surface area contributed by atoms with Crippen molar-refractivity contribution in [3.63, 3.8) is 0 Å². The molecule has 0 aliphatic carbocycles. The second kappa shape index (κ2) is 5.35. The summed E-state index contributed by atoms with van der Waals surface area (Å²) < 4.78 is 38.9. The highest BCUT2D eigenvalue weighted by molar-refractivity contribution is 5.79. The molecule has 2 aromatic carbocycles. The lowest BCUT2D eigenvalue weighted by molar-refractivity contribution is -0.144. The van der Waals surface area contributed by atoms with E-state index in [1.54, 1.807) is 0 Å². The summed E-state index contributed by atoms with van der Waals surface area (Å²) in [5, 5.41) is 18.6. The van der Waals surface area contributed by atoms with Crippen molar-refractivity contribution in [3.8, 4) is 34.0 Å². The Hall–Kier alpha value is -2.96. The van der Waals surface area contributed by atoms with Gasteiger partial charge >= 0.3 is 6.18 Å². The first-order chi connectivity index (χ1) is 10.8. The standard InChI is InChI=1S/C16H11F3N2O2/c17-16(18,19)15-20-13(9-1-5-11(22)6-2-9)14(21-15)10-3-7-12(23)8-4-10/h1-8,22-23H,(H,20,21). The van der Waals surface area contributed by atoms with Gasteiger partial charge in [0.1, 0.15) is 11.5 Å². The molecule has 3 N–H and O–H groups in total. The molecule has 0 fully saturated rings. The fraction of sp³-hybridized carbons (Fsp3) is 0.0625. The van der Waals surface area contributed by atoms with Gasteiger partial charge in [-0.2, -0.15) is 13.2 Å². The molecule has 0 bridgehead atoms. The zero-order valence-electron chi connectivity index (χ0n) is 11.6. The minimum atomic E-state index is -4.61. The maximum Gasteiger partial charge on any atom is 0.449 e. The van der Waals surface area contributed by atoms with E-state index >= 15 is 0 Å². The van der Waals surface area contributed by atoms with E-state index in [9.17, 15) is 23.4 Å². The van der Waals surface area contributed by atoms with Gasteiger partial charge in [0.15, 0.2) is 0 Å². The molecule has 23 heavy (non-hydrogen) atoms. The Morgan fingerprint density at radius 3 is 1.74 bits per heavy atom. The van der Waals surface area contributed by atoms with E-state index in [4.69, 9.17) is 0 Å². The minimum absolute atomic E-state index is 0.00603. The third-order valence-corrected chi connectivity index (χ3v) is 3.27. The van der Waals surface area contributed by atoms with E-state index in [-0.39, 0.29) is 22.9 Å². The SMILES string of the molecule is Oc1ccc(-c2nc(C(F)(F)F)[nH]c2-c2ccc(O)cc2)cc1. The normalized spacial score (nSPS) is 11.6. The fourth-order valence-electron chi connectivity index (χ4n) is 2.17. The molecule has 0 radical (unpaired) electrons. The summed E-state index contributed by atoms with van der Waals surface area (Å²) in [6, 6.07) is 11.5. The Kier molecular flexibility index (Phi) is 3.48. The molecule has 4 nitrogen and oxygen atoms in total. The first-order valence-corrected chi connectivity index (χ1v) is 6.60. The molecule has 1 aromatic heterocycles. The number of H-pyrrole nitrogens is 1. The molecule has 0 atom stereocenters. The van der Waals surface area contributed by atoms with Crippen LogP contribution in [0.15, 0.2) is 48.5 Å². The lowest BCUT2D eigenvalue weighted by Gasteiger charge is -2.04. The number of phenols is 2. The van der Waals surface area contributed by atoms with Crippen LogP contribution >= 0.6 is 0 Å². The average molecular weight is 320 g/mol. The molecular weight excluding hydrogens is 309 g/mol. The number of phenolic OH excluding ortho intramolecular Hbond substituents is 2. The molecule has 0 aliphatic heterocycles. The third-order valence-electron chi connectivity index (χ3n) is 3.27. The van der Waals surface area contributed by atoms with Crippen molar-refractivity contribution in [1.82, 2.24) is 9.97 Å². The molecule has 3 aromatic rings. The Morgan fingerprint density at radius 1 is 0.783 bits per heavy atom. The number of nitrogens with one attached hydrogen (secondary N) is 1. The number of rotatable bonds is 2. The number of halogens is 3. The van der Waals surface area contributed by atoms with Crippen molar-refractivity contribution in [2.45, 2.75) is 6.18 Å². The van der Waals surface area contributed by atoms with Gasteiger partial charge in [-0.25, -0.2) is 4.98 Å². The second-order valence-corrected chi connectivity index (χ2v) is 4.90. The van der Waals surface area contributed by atoms with Crippen molar-refractivity contribution in [2.75, 3.05) is 0 Å². The molecule has 118 valence electrons. The van der Waals surface area contributed by atoms with Gasteiger partial charge in [-0.1, -0.05) is 0 Å². The van der Waals surface area contributed by atoms with Gasteiger partial charge in [-0.05, 0) is 48.5 Å². The number of alkyl halides is 3. The first-order valence-electron chi connectivity index (χ1n) is 6.60. The van der Waals surface area contributed by atoms with Gasteiger partial charge in [0.2, 0.25) is 5.82 Å². The second-order valence-electron chi connectivity index (χ2n) is 4.90. The Morgan fingerprint density at radius 2 is 1.26 bits per heavy atom. The summed E-state index contributed by atoms with van der Waals surface area (Å²) in [5.74, 6) is -1.09. The van der Waals surface area contributed by atoms with E-state index in [0.717, 1.165) is 0 Å². The van der Waals surface area contributed by atoms with Gasteiger partial charge in [0.05, 0.1) is 11.4 Å². The van der Waals surface area contributed by atoms with Crippen LogP contribution in [0.25, 0.3) is 22.5 Å². The number of imidazole rings is 1. The zero-order valence-corrected chi connectivity index (χ0v) is 11.6. The molecule has 0 spiro atoms. The summed E-state index contributed by atoms with van der Waals surface area (Å²) in [7, 11) is 0. The number of benzene rings is 2. The molecule has 3 rings (SSSR count). The highest BCUT2D eigenvalue weighted by Gasteiger charge is 2.36. The number of nitrogens with zero attached hydrogens (tertiary/aromatic N) is 1. The molecule has 1 heterocycles. The monoisotopic (exact) mass is 320 g/mol. The topological polar surface area (TPSA) is 69.1 Å². The quantitative estimate of drug-likeness (QED) is 0.663. The smallest absolute Gasteiger partial charge is 0.449 e. The summed E-state index contributed by atoms with van der Waals surface area (Å²) in [5.41, 5.74) is 1.18. The van der Waals surface area contributed by atoms with E-state index < -0.39 is 12.0 Å². The van der Waals surface area contributed by atoms with E-state index in [1.165, 1.54) is 48.5 Å². The van der Waals surface area contributed by atoms with Gasteiger partial charge < -0.3 is 15.2 Å². The highest BCUT2D eigenvalue weighted by atomic mass is 19.4. The predicted octanol–water partition coefficient (Wildman–Crippen LogP) is 4.17. The van der Waals surface area contributed by atoms with Crippen molar-refractivity contribution in [3.05, 3.63) is 54.4 Å². The fourth-order valence-corrected chi connectivity index (χ4v) is 2.17. The number of aromatic amines is 1. The molecule has 0 saturated heterocycles. The van der Waals surface area contributed by atoms with Crippen molar-refractivity contribution >= 4 is 0 Å². The summed E-state index contributed by atoms with van der Waals surface area (Å²) in [6.45, 7) is 0. The number of aromatic hydroxyl groups is 2. The first kappa shape index (κ1) is 15.0. The van der Waals surface area contributed by atoms with Gasteiger partial charge in [-0.3, -0.25) is 0 Å². The van der Waals surface area contributed by atoms with Crippen LogP contribution < -0.4 is 0 Å². The molecule has 0 amide bonds. The molecule has 0 saturated carbocycles. The van der Waals surface area contributed by atoms with E-state index in [2.05, 4.69) is 9.97 Å². The average Bonchev–Trinajstić information content (AvgIpc) is 2.94. The predicted molar refractivity (Wildman–Crippen MR) is 77.8 cm³/mol. The van der Waals surface area contributed by atoms with Crippen molar-refractivity contribution in [1.29, 1.82) is 0 Å². The van der Waals surface area contributed by atoms with Crippen LogP contribution in [0.2, 0.25) is 0 Å². The third kappa shape index (κ3) is 2.98. The maximum absolute atomic E-state index is 13.0. The minimum Gasteiger partial charge on any atom is -0.508 e. The number of hydrogen-bond donors (Lipinski definition) is 3. The van der Waals surface area contributed by atoms with Crippen molar-refractivity contribution < 1.29 is 23.4 Å². The van der Waals surface area contributed by atoms with Crippen LogP contribution in [0.1, 0.15) is 5.82 Å². The van der Waals surface area contributed by atoms with Crippen molar-refractivity contribution in [2.24, 2.45) is 0 Å². The van der Waals surface area contributed by atoms with E-state index in [0.29, 0.717) is 11.1 Å². The lowest BCUT2D eigenvalue weighted by Crippen LogP contribution is -2.07. The zero-order chi connectivity index (χ0) is 16.6. The van der Waals surface area contributed by atoms with Gasteiger partial charge in [0, 0.05) is 11.1 Å². The molecular formula is C16H11F3N2O2. The Labute approximate surface area is 128 Å². The van der Waals surface area contributed by atoms with Gasteiger partial charge in [0.25, 0.3) is 0 Å². The van der Waals surface area contributed by atoms with Crippen LogP contribution in [-0.4, -0.2) is 20.2 Å². The molecule has 0 aliphatic rings. The van der Waals surface area contributed by atoms with Crippen LogP contribution in [0.5, 0.6) is 11.5 Å².